The van der Waals surface area contributed by atoms with Crippen LogP contribution in [0.3, 0.4) is 0 Å². The summed E-state index contributed by atoms with van der Waals surface area (Å²) in [6, 6.07) is 6.19. The lowest BCUT2D eigenvalue weighted by atomic mass is 10.3. The number of nitrogens with zero attached hydrogens (tertiary/aromatic N) is 4. The maximum Gasteiger partial charge on any atom is 0.135 e. The largest absolute Gasteiger partial charge is 0.360 e. The van der Waals surface area contributed by atoms with Gasteiger partial charge in [0.15, 0.2) is 0 Å². The highest BCUT2D eigenvalue weighted by molar-refractivity contribution is 7.14. The number of hydrogen-bond acceptors (Lipinski definition) is 5. The van der Waals surface area contributed by atoms with Crippen LogP contribution in [0.1, 0.15) is 24.6 Å². The summed E-state index contributed by atoms with van der Waals surface area (Å²) >= 11 is 7.97. The molecule has 0 spiro atoms. The average molecular weight is 321 g/mol. The highest BCUT2D eigenvalue weighted by Crippen LogP contribution is 2.39. The van der Waals surface area contributed by atoms with Crippen LogP contribution >= 0.6 is 22.9 Å². The highest BCUT2D eigenvalue weighted by Gasteiger charge is 2.28. The zero-order valence-corrected chi connectivity index (χ0v) is 13.3. The Hall–Kier alpha value is -1.33. The van der Waals surface area contributed by atoms with Crippen molar-refractivity contribution in [3.63, 3.8) is 0 Å². The smallest absolute Gasteiger partial charge is 0.135 e. The van der Waals surface area contributed by atoms with Crippen LogP contribution in [-0.4, -0.2) is 36.1 Å². The molecule has 1 aliphatic carbocycles. The van der Waals surface area contributed by atoms with E-state index in [1.165, 1.54) is 17.8 Å². The first-order valence-corrected chi connectivity index (χ1v) is 8.63. The third-order valence-corrected chi connectivity index (χ3v) is 5.19. The van der Waals surface area contributed by atoms with E-state index in [9.17, 15) is 0 Å². The number of aromatic nitrogens is 2. The summed E-state index contributed by atoms with van der Waals surface area (Å²) in [6.07, 6.45) is 2.40. The van der Waals surface area contributed by atoms with Crippen molar-refractivity contribution in [2.24, 2.45) is 0 Å². The Balaban J connectivity index is 1.48. The second kappa shape index (κ2) is 5.46. The van der Waals surface area contributed by atoms with Gasteiger partial charge >= 0.3 is 0 Å². The van der Waals surface area contributed by atoms with Gasteiger partial charge in [-0.2, -0.15) is 0 Å². The maximum absolute atomic E-state index is 6.16. The molecule has 0 aromatic carbocycles. The predicted octanol–water partition coefficient (Wildman–Crippen LogP) is 3.40. The van der Waals surface area contributed by atoms with Gasteiger partial charge in [-0.3, -0.25) is 0 Å². The van der Waals surface area contributed by atoms with Crippen molar-refractivity contribution >= 4 is 33.8 Å². The van der Waals surface area contributed by atoms with Crippen molar-refractivity contribution in [2.45, 2.75) is 18.8 Å². The minimum absolute atomic E-state index is 0.537. The average Bonchev–Trinajstić information content (AvgIpc) is 3.22. The summed E-state index contributed by atoms with van der Waals surface area (Å²) < 4.78 is 0. The highest BCUT2D eigenvalue weighted by atomic mass is 35.5. The fourth-order valence-corrected chi connectivity index (χ4v) is 3.68. The van der Waals surface area contributed by atoms with Crippen molar-refractivity contribution < 1.29 is 0 Å². The minimum Gasteiger partial charge on any atom is -0.360 e. The van der Waals surface area contributed by atoms with Crippen LogP contribution in [-0.2, 0) is 0 Å². The SMILES string of the molecule is Clc1cc(N2CCN(c3cccs3)CC2)nc(C2CC2)n1. The van der Waals surface area contributed by atoms with E-state index in [-0.39, 0.29) is 0 Å². The molecule has 0 unspecified atom stereocenters. The summed E-state index contributed by atoms with van der Waals surface area (Å²) in [5.74, 6) is 2.45. The summed E-state index contributed by atoms with van der Waals surface area (Å²) in [4.78, 5) is 13.8. The Morgan fingerprint density at radius 2 is 1.86 bits per heavy atom. The van der Waals surface area contributed by atoms with Crippen LogP contribution < -0.4 is 9.80 Å². The molecule has 0 bridgehead atoms. The molecule has 0 radical (unpaired) electrons. The Morgan fingerprint density at radius 3 is 2.52 bits per heavy atom. The number of rotatable bonds is 3. The molecule has 0 atom stereocenters. The predicted molar refractivity (Wildman–Crippen MR) is 87.8 cm³/mol. The van der Waals surface area contributed by atoms with Crippen LogP contribution in [0.2, 0.25) is 5.15 Å². The topological polar surface area (TPSA) is 32.3 Å². The molecule has 6 heteroatoms. The van der Waals surface area contributed by atoms with Crippen molar-refractivity contribution in [3.8, 4) is 0 Å². The molecule has 2 aliphatic rings. The quantitative estimate of drug-likeness (QED) is 0.811. The summed E-state index contributed by atoms with van der Waals surface area (Å²) in [6.45, 7) is 4.02. The summed E-state index contributed by atoms with van der Waals surface area (Å²) in [5.41, 5.74) is 0. The fourth-order valence-electron chi connectivity index (χ4n) is 2.71. The molecular formula is C15H17ClN4S. The summed E-state index contributed by atoms with van der Waals surface area (Å²) in [5, 5.41) is 4.06. The number of halogens is 1. The number of thiophene rings is 1. The molecule has 0 N–H and O–H groups in total. The van der Waals surface area contributed by atoms with E-state index in [0.717, 1.165) is 37.8 Å². The molecule has 4 rings (SSSR count). The van der Waals surface area contributed by atoms with E-state index in [4.69, 9.17) is 16.6 Å². The zero-order chi connectivity index (χ0) is 14.2. The van der Waals surface area contributed by atoms with Crippen LogP contribution in [0.15, 0.2) is 23.6 Å². The second-order valence-corrected chi connectivity index (χ2v) is 6.92. The molecule has 21 heavy (non-hydrogen) atoms. The van der Waals surface area contributed by atoms with E-state index < -0.39 is 0 Å². The van der Waals surface area contributed by atoms with E-state index in [0.29, 0.717) is 11.1 Å². The Labute approximate surface area is 133 Å². The first-order valence-electron chi connectivity index (χ1n) is 7.37. The maximum atomic E-state index is 6.16. The zero-order valence-electron chi connectivity index (χ0n) is 11.7. The van der Waals surface area contributed by atoms with Crippen molar-refractivity contribution in [2.75, 3.05) is 36.0 Å². The lowest BCUT2D eigenvalue weighted by Gasteiger charge is -2.36. The van der Waals surface area contributed by atoms with Gasteiger partial charge in [0, 0.05) is 38.2 Å². The Morgan fingerprint density at radius 1 is 1.10 bits per heavy atom. The van der Waals surface area contributed by atoms with Gasteiger partial charge < -0.3 is 9.80 Å². The normalized spacial score (nSPS) is 19.1. The molecule has 1 saturated carbocycles. The molecular weight excluding hydrogens is 304 g/mol. The van der Waals surface area contributed by atoms with E-state index in [1.807, 2.05) is 6.07 Å². The Bertz CT molecular complexity index is 619. The lowest BCUT2D eigenvalue weighted by molar-refractivity contribution is 0.648. The van der Waals surface area contributed by atoms with E-state index in [2.05, 4.69) is 32.3 Å². The van der Waals surface area contributed by atoms with E-state index >= 15 is 0 Å². The third-order valence-electron chi connectivity index (χ3n) is 4.06. The van der Waals surface area contributed by atoms with Gasteiger partial charge in [0.05, 0.1) is 5.00 Å². The number of piperazine rings is 1. The van der Waals surface area contributed by atoms with Gasteiger partial charge in [-0.15, -0.1) is 11.3 Å². The van der Waals surface area contributed by atoms with Crippen LogP contribution in [0.5, 0.6) is 0 Å². The van der Waals surface area contributed by atoms with Crippen molar-refractivity contribution in [1.82, 2.24) is 9.97 Å². The Kier molecular flexibility index (Phi) is 3.47. The van der Waals surface area contributed by atoms with Gasteiger partial charge in [-0.05, 0) is 30.4 Å². The molecule has 2 aromatic rings. The molecule has 110 valence electrons. The monoisotopic (exact) mass is 320 g/mol. The van der Waals surface area contributed by atoms with Gasteiger partial charge in [-0.25, -0.2) is 9.97 Å². The first kappa shape index (κ1) is 13.3. The molecule has 1 aliphatic heterocycles. The molecule has 2 fully saturated rings. The van der Waals surface area contributed by atoms with E-state index in [1.54, 1.807) is 11.3 Å². The molecule has 3 heterocycles. The molecule has 2 aromatic heterocycles. The van der Waals surface area contributed by atoms with Crippen molar-refractivity contribution in [3.05, 3.63) is 34.6 Å². The lowest BCUT2D eigenvalue weighted by Crippen LogP contribution is -2.46. The molecule has 4 nitrogen and oxygen atoms in total. The van der Waals surface area contributed by atoms with Crippen LogP contribution in [0.25, 0.3) is 0 Å². The fraction of sp³-hybridized carbons (Fsp3) is 0.467. The third kappa shape index (κ3) is 2.85. The molecule has 1 saturated heterocycles. The molecule has 0 amide bonds. The first-order chi connectivity index (χ1) is 10.3. The van der Waals surface area contributed by atoms with Gasteiger partial charge in [-0.1, -0.05) is 11.6 Å². The minimum atomic E-state index is 0.537. The second-order valence-electron chi connectivity index (χ2n) is 5.61. The van der Waals surface area contributed by atoms with Gasteiger partial charge in [0.2, 0.25) is 0 Å². The van der Waals surface area contributed by atoms with Crippen molar-refractivity contribution in [1.29, 1.82) is 0 Å². The van der Waals surface area contributed by atoms with Crippen LogP contribution in [0.4, 0.5) is 10.8 Å². The number of hydrogen-bond donors (Lipinski definition) is 0. The summed E-state index contributed by atoms with van der Waals surface area (Å²) in [7, 11) is 0. The van der Waals surface area contributed by atoms with Gasteiger partial charge in [0.25, 0.3) is 0 Å². The number of anilines is 2. The van der Waals surface area contributed by atoms with Gasteiger partial charge in [0.1, 0.15) is 16.8 Å². The van der Waals surface area contributed by atoms with Crippen LogP contribution in [0, 0.1) is 0 Å². The standard InChI is InChI=1S/C15H17ClN4S/c16-12-10-13(18-15(17-12)11-3-4-11)19-5-7-20(8-6-19)14-2-1-9-21-14/h1-2,9-11H,3-8H2.